The van der Waals surface area contributed by atoms with Crippen molar-refractivity contribution in [2.24, 2.45) is 0 Å². The summed E-state index contributed by atoms with van der Waals surface area (Å²) in [6.45, 7) is -0.563. The molecule has 0 aliphatic carbocycles. The van der Waals surface area contributed by atoms with Gasteiger partial charge in [-0.1, -0.05) is 0 Å². The van der Waals surface area contributed by atoms with Gasteiger partial charge in [0.2, 0.25) is 10.0 Å². The van der Waals surface area contributed by atoms with E-state index in [1.807, 2.05) is 0 Å². The number of carboxylic acids is 1. The average Bonchev–Trinajstić information content (AvgIpc) is 2.26. The molecule has 0 amide bonds. The molecule has 112 valence electrons. The number of aliphatic hydroxyl groups is 1. The lowest BCUT2D eigenvalue weighted by molar-refractivity contribution is -0.146. The summed E-state index contributed by atoms with van der Waals surface area (Å²) < 4.78 is 64.1. The van der Waals surface area contributed by atoms with Gasteiger partial charge in [0.25, 0.3) is 0 Å². The van der Waals surface area contributed by atoms with Crippen LogP contribution in [0.3, 0.4) is 0 Å². The Morgan fingerprint density at radius 2 is 1.75 bits per heavy atom. The van der Waals surface area contributed by atoms with Crippen molar-refractivity contribution in [3.05, 3.63) is 29.6 Å². The zero-order valence-corrected chi connectivity index (χ0v) is 10.6. The molecule has 1 atom stereocenters. The predicted octanol–water partition coefficient (Wildman–Crippen LogP) is 0.218. The maximum atomic E-state index is 13.3. The van der Waals surface area contributed by atoms with E-state index >= 15 is 0 Å². The van der Waals surface area contributed by atoms with Gasteiger partial charge in [0.15, 0.2) is 11.0 Å². The summed E-state index contributed by atoms with van der Waals surface area (Å²) in [4.78, 5) is 8.91. The van der Waals surface area contributed by atoms with Crippen molar-refractivity contribution in [1.29, 1.82) is 0 Å². The molecule has 0 saturated heterocycles. The van der Waals surface area contributed by atoms with Crippen molar-refractivity contribution >= 4 is 16.0 Å². The lowest BCUT2D eigenvalue weighted by atomic mass is 10.3. The zero-order chi connectivity index (χ0) is 15.5. The molecule has 20 heavy (non-hydrogen) atoms. The number of carbonyl (C=O) groups is 1. The van der Waals surface area contributed by atoms with Crippen LogP contribution in [0.15, 0.2) is 17.0 Å². The minimum absolute atomic E-state index is 0.198. The minimum Gasteiger partial charge on any atom is -0.479 e. The molecule has 1 aromatic carbocycles. The molecule has 6 nitrogen and oxygen atoms in total. The molecule has 10 heteroatoms. The molecule has 0 aromatic heterocycles. The topological polar surface area (TPSA) is 104 Å². The Hall–Kier alpha value is -1.65. The van der Waals surface area contributed by atoms with Gasteiger partial charge in [0.05, 0.1) is 0 Å². The van der Waals surface area contributed by atoms with Gasteiger partial charge in [-0.2, -0.15) is 0 Å². The van der Waals surface area contributed by atoms with Crippen LogP contribution >= 0.6 is 0 Å². The van der Waals surface area contributed by atoms with Crippen LogP contribution in [0.5, 0.6) is 0 Å². The number of nitrogens with one attached hydrogen (secondary N) is 1. The molecule has 0 heterocycles. The summed E-state index contributed by atoms with van der Waals surface area (Å²) in [6, 6.07) is 0.396. The van der Waals surface area contributed by atoms with Crippen LogP contribution in [0.1, 0.15) is 6.42 Å². The van der Waals surface area contributed by atoms with Crippen molar-refractivity contribution in [1.82, 2.24) is 4.72 Å². The molecule has 0 saturated carbocycles. The fourth-order valence-electron chi connectivity index (χ4n) is 1.31. The second-order valence-electron chi connectivity index (χ2n) is 3.74. The third-order valence-corrected chi connectivity index (χ3v) is 3.74. The largest absolute Gasteiger partial charge is 0.479 e. The van der Waals surface area contributed by atoms with Gasteiger partial charge in [-0.15, -0.1) is 0 Å². The van der Waals surface area contributed by atoms with E-state index in [0.717, 1.165) is 0 Å². The molecule has 0 aliphatic heterocycles. The maximum absolute atomic E-state index is 13.3. The molecule has 0 spiro atoms. The molecule has 1 rings (SSSR count). The highest BCUT2D eigenvalue weighted by atomic mass is 32.2. The fourth-order valence-corrected chi connectivity index (χ4v) is 2.47. The van der Waals surface area contributed by atoms with E-state index in [4.69, 9.17) is 10.2 Å². The van der Waals surface area contributed by atoms with Gasteiger partial charge in [0, 0.05) is 18.7 Å². The second-order valence-corrected chi connectivity index (χ2v) is 5.44. The lowest BCUT2D eigenvalue weighted by Gasteiger charge is -2.10. The lowest BCUT2D eigenvalue weighted by Crippen LogP contribution is -2.31. The van der Waals surface area contributed by atoms with Gasteiger partial charge in [-0.25, -0.2) is 31.1 Å². The minimum atomic E-state index is -4.63. The fraction of sp³-hybridized carbons (Fsp3) is 0.300. The Balaban J connectivity index is 2.88. The van der Waals surface area contributed by atoms with Crippen LogP contribution < -0.4 is 4.72 Å². The Bertz CT molecular complexity index is 596. The molecule has 1 aromatic rings. The van der Waals surface area contributed by atoms with Gasteiger partial charge in [0.1, 0.15) is 17.5 Å². The number of aliphatic carboxylic acids is 1. The van der Waals surface area contributed by atoms with Gasteiger partial charge in [-0.05, 0) is 6.42 Å². The first-order chi connectivity index (χ1) is 9.15. The Labute approximate surface area is 111 Å². The summed E-state index contributed by atoms with van der Waals surface area (Å²) in [5.41, 5.74) is 0. The summed E-state index contributed by atoms with van der Waals surface area (Å²) in [7, 11) is -4.63. The van der Waals surface area contributed by atoms with Crippen molar-refractivity contribution in [3.63, 3.8) is 0 Å². The smallest absolute Gasteiger partial charge is 0.332 e. The van der Waals surface area contributed by atoms with Gasteiger partial charge >= 0.3 is 5.97 Å². The van der Waals surface area contributed by atoms with Gasteiger partial charge < -0.3 is 10.2 Å². The van der Waals surface area contributed by atoms with E-state index < -0.39 is 57.4 Å². The Morgan fingerprint density at radius 3 is 2.20 bits per heavy atom. The first-order valence-corrected chi connectivity index (χ1v) is 6.68. The van der Waals surface area contributed by atoms with E-state index in [-0.39, 0.29) is 12.1 Å². The average molecular weight is 313 g/mol. The number of rotatable bonds is 6. The summed E-state index contributed by atoms with van der Waals surface area (Å²) in [5, 5.41) is 17.3. The van der Waals surface area contributed by atoms with Crippen LogP contribution in [0.25, 0.3) is 0 Å². The van der Waals surface area contributed by atoms with E-state index in [2.05, 4.69) is 0 Å². The number of hydrogen-bond donors (Lipinski definition) is 3. The van der Waals surface area contributed by atoms with E-state index in [0.29, 0.717) is 0 Å². The molecule has 0 fully saturated rings. The number of hydrogen-bond acceptors (Lipinski definition) is 4. The SMILES string of the molecule is O=C(O)C(O)CCNS(=O)(=O)c1c(F)cc(F)cc1F. The number of aliphatic hydroxyl groups excluding tert-OH is 1. The summed E-state index contributed by atoms with van der Waals surface area (Å²) >= 11 is 0. The highest BCUT2D eigenvalue weighted by Crippen LogP contribution is 2.19. The number of benzene rings is 1. The van der Waals surface area contributed by atoms with Crippen LogP contribution in [0, 0.1) is 17.5 Å². The third kappa shape index (κ3) is 3.92. The molecule has 0 aliphatic rings. The molecule has 1 unspecified atom stereocenters. The molecule has 0 radical (unpaired) electrons. The second kappa shape index (κ2) is 6.20. The van der Waals surface area contributed by atoms with Crippen molar-refractivity contribution in [3.8, 4) is 0 Å². The van der Waals surface area contributed by atoms with Crippen LogP contribution in [0.2, 0.25) is 0 Å². The van der Waals surface area contributed by atoms with Gasteiger partial charge in [-0.3, -0.25) is 0 Å². The maximum Gasteiger partial charge on any atom is 0.332 e. The molecule has 0 bridgehead atoms. The van der Waals surface area contributed by atoms with E-state index in [1.54, 1.807) is 4.72 Å². The van der Waals surface area contributed by atoms with Crippen LogP contribution in [-0.2, 0) is 14.8 Å². The third-order valence-electron chi connectivity index (χ3n) is 2.23. The monoisotopic (exact) mass is 313 g/mol. The van der Waals surface area contributed by atoms with Crippen molar-refractivity contribution in [2.75, 3.05) is 6.54 Å². The van der Waals surface area contributed by atoms with E-state index in [1.165, 1.54) is 0 Å². The van der Waals surface area contributed by atoms with Crippen LogP contribution in [-0.4, -0.2) is 37.2 Å². The first-order valence-electron chi connectivity index (χ1n) is 5.20. The Morgan fingerprint density at radius 1 is 1.25 bits per heavy atom. The molecule has 3 N–H and O–H groups in total. The summed E-state index contributed by atoms with van der Waals surface area (Å²) in [6.07, 6.45) is -2.32. The zero-order valence-electron chi connectivity index (χ0n) is 9.81. The number of carboxylic acid groups (broad SMARTS) is 1. The molecular formula is C10H10F3NO5S. The predicted molar refractivity (Wildman–Crippen MR) is 59.8 cm³/mol. The standard InChI is InChI=1S/C10H10F3NO5S/c11-5-3-6(12)9(7(13)4-5)20(18,19)14-2-1-8(15)10(16)17/h3-4,8,14-15H,1-2H2,(H,16,17). The highest BCUT2D eigenvalue weighted by Gasteiger charge is 2.25. The Kier molecular flexibility index (Phi) is 5.09. The molecular weight excluding hydrogens is 303 g/mol. The van der Waals surface area contributed by atoms with Crippen molar-refractivity contribution < 1.29 is 36.6 Å². The highest BCUT2D eigenvalue weighted by molar-refractivity contribution is 7.89. The quantitative estimate of drug-likeness (QED) is 0.697. The normalized spacial score (nSPS) is 13.2. The first kappa shape index (κ1) is 16.4. The summed E-state index contributed by atoms with van der Waals surface area (Å²) in [5.74, 6) is -6.08. The van der Waals surface area contributed by atoms with Crippen LogP contribution in [0.4, 0.5) is 13.2 Å². The number of halogens is 3. The number of sulfonamides is 1. The van der Waals surface area contributed by atoms with E-state index in [9.17, 15) is 26.4 Å². The van der Waals surface area contributed by atoms with Crippen molar-refractivity contribution in [2.45, 2.75) is 17.4 Å².